The third-order valence-electron chi connectivity index (χ3n) is 4.60. The van der Waals surface area contributed by atoms with Crippen LogP contribution < -0.4 is 5.32 Å². The van der Waals surface area contributed by atoms with Crippen LogP contribution in [0, 0.1) is 11.3 Å². The van der Waals surface area contributed by atoms with Crippen LogP contribution in [0.25, 0.3) is 6.08 Å². The van der Waals surface area contributed by atoms with E-state index in [-0.39, 0.29) is 23.1 Å². The number of hydrogen-bond donors (Lipinski definition) is 1. The zero-order valence-electron chi connectivity index (χ0n) is 16.3. The fourth-order valence-electron chi connectivity index (χ4n) is 3.39. The molecule has 1 N–H and O–H groups in total. The highest BCUT2D eigenvalue weighted by atomic mass is 32.1. The lowest BCUT2D eigenvalue weighted by molar-refractivity contribution is -0.132. The van der Waals surface area contributed by atoms with Gasteiger partial charge in [0, 0.05) is 43.1 Å². The van der Waals surface area contributed by atoms with Crippen molar-refractivity contribution in [2.24, 2.45) is 11.3 Å². The number of hydrogen-bond acceptors (Lipinski definition) is 4. The molecule has 6 heteroatoms. The van der Waals surface area contributed by atoms with E-state index in [1.54, 1.807) is 17.4 Å². The minimum Gasteiger partial charge on any atom is -0.355 e. The molecule has 144 valence electrons. The van der Waals surface area contributed by atoms with Gasteiger partial charge < -0.3 is 15.1 Å². The number of nitrogens with one attached hydrogen (secondary N) is 1. The Morgan fingerprint density at radius 3 is 2.62 bits per heavy atom. The molecule has 26 heavy (non-hydrogen) atoms. The summed E-state index contributed by atoms with van der Waals surface area (Å²) >= 11 is 1.61. The van der Waals surface area contributed by atoms with Crippen molar-refractivity contribution in [3.05, 3.63) is 28.5 Å². The van der Waals surface area contributed by atoms with Gasteiger partial charge in [-0.2, -0.15) is 0 Å². The molecule has 1 fully saturated rings. The largest absolute Gasteiger partial charge is 0.355 e. The second-order valence-electron chi connectivity index (χ2n) is 8.07. The maximum absolute atomic E-state index is 12.4. The van der Waals surface area contributed by atoms with Gasteiger partial charge in [0.25, 0.3) is 0 Å². The Balaban J connectivity index is 1.75. The van der Waals surface area contributed by atoms with Gasteiger partial charge in [0.1, 0.15) is 0 Å². The lowest BCUT2D eigenvalue weighted by atomic mass is 9.91. The normalized spacial score (nSPS) is 16.4. The zero-order chi connectivity index (χ0) is 19.2. The predicted octanol–water partition coefficient (Wildman–Crippen LogP) is 2.70. The van der Waals surface area contributed by atoms with Crippen LogP contribution in [0.4, 0.5) is 0 Å². The molecule has 1 aromatic rings. The third-order valence-corrected chi connectivity index (χ3v) is 5.43. The van der Waals surface area contributed by atoms with E-state index in [1.165, 1.54) is 0 Å². The summed E-state index contributed by atoms with van der Waals surface area (Å²) in [5.74, 6) is 0.165. The fraction of sp³-hybridized carbons (Fsp3) is 0.600. The summed E-state index contributed by atoms with van der Waals surface area (Å²) < 4.78 is 0. The Kier molecular flexibility index (Phi) is 7.41. The molecule has 2 heterocycles. The standard InChI is InChI=1S/C20H31N3O2S/c1-20(2,15-22(3)4)14-21-19(25)16-9-11-23(12-10-16)18(24)8-7-17-6-5-13-26-17/h5-8,13,16H,9-12,14-15H2,1-4H3,(H,21,25)/b8-7+. The minimum absolute atomic E-state index is 0.00971. The molecule has 0 aliphatic carbocycles. The number of amides is 2. The molecule has 2 amide bonds. The average Bonchev–Trinajstić information content (AvgIpc) is 3.10. The molecule has 5 nitrogen and oxygen atoms in total. The van der Waals surface area contributed by atoms with Crippen molar-refractivity contribution in [3.8, 4) is 0 Å². The van der Waals surface area contributed by atoms with Crippen LogP contribution in [0.3, 0.4) is 0 Å². The molecular weight excluding hydrogens is 346 g/mol. The topological polar surface area (TPSA) is 52.7 Å². The molecule has 0 unspecified atom stereocenters. The maximum atomic E-state index is 12.4. The smallest absolute Gasteiger partial charge is 0.246 e. The molecule has 0 aromatic carbocycles. The van der Waals surface area contributed by atoms with Gasteiger partial charge >= 0.3 is 0 Å². The van der Waals surface area contributed by atoms with E-state index in [2.05, 4.69) is 24.1 Å². The van der Waals surface area contributed by atoms with Crippen molar-refractivity contribution < 1.29 is 9.59 Å². The predicted molar refractivity (Wildman–Crippen MR) is 108 cm³/mol. The second-order valence-corrected chi connectivity index (χ2v) is 9.05. The van der Waals surface area contributed by atoms with Gasteiger partial charge in [-0.05, 0) is 49.9 Å². The molecule has 0 bridgehead atoms. The van der Waals surface area contributed by atoms with E-state index in [4.69, 9.17) is 0 Å². The Morgan fingerprint density at radius 2 is 2.04 bits per heavy atom. The van der Waals surface area contributed by atoms with Crippen molar-refractivity contribution in [1.82, 2.24) is 15.1 Å². The molecule has 1 saturated heterocycles. The van der Waals surface area contributed by atoms with Crippen molar-refractivity contribution in [2.45, 2.75) is 26.7 Å². The summed E-state index contributed by atoms with van der Waals surface area (Å²) in [4.78, 5) is 29.8. The lowest BCUT2D eigenvalue weighted by Gasteiger charge is -2.32. The highest BCUT2D eigenvalue weighted by Crippen LogP contribution is 2.20. The maximum Gasteiger partial charge on any atom is 0.246 e. The number of carbonyl (C=O) groups is 2. The van der Waals surface area contributed by atoms with Gasteiger partial charge in [-0.25, -0.2) is 0 Å². The van der Waals surface area contributed by atoms with Crippen LogP contribution in [-0.2, 0) is 9.59 Å². The van der Waals surface area contributed by atoms with E-state index in [9.17, 15) is 9.59 Å². The van der Waals surface area contributed by atoms with E-state index < -0.39 is 0 Å². The summed E-state index contributed by atoms with van der Waals surface area (Å²) in [7, 11) is 4.09. The highest BCUT2D eigenvalue weighted by molar-refractivity contribution is 7.10. The van der Waals surface area contributed by atoms with Crippen LogP contribution in [0.15, 0.2) is 23.6 Å². The van der Waals surface area contributed by atoms with Gasteiger partial charge in [0.05, 0.1) is 0 Å². The van der Waals surface area contributed by atoms with Crippen LogP contribution in [0.5, 0.6) is 0 Å². The SMILES string of the molecule is CN(C)CC(C)(C)CNC(=O)C1CCN(C(=O)/C=C/c2cccs2)CC1. The van der Waals surface area contributed by atoms with Crippen LogP contribution >= 0.6 is 11.3 Å². The van der Waals surface area contributed by atoms with E-state index in [0.29, 0.717) is 19.6 Å². The van der Waals surface area contributed by atoms with Crippen molar-refractivity contribution in [3.63, 3.8) is 0 Å². The van der Waals surface area contributed by atoms with Gasteiger partial charge in [-0.15, -0.1) is 11.3 Å². The monoisotopic (exact) mass is 377 g/mol. The Bertz CT molecular complexity index is 615. The first-order valence-electron chi connectivity index (χ1n) is 9.20. The second kappa shape index (κ2) is 9.33. The molecule has 1 aliphatic heterocycles. The number of carbonyl (C=O) groups excluding carboxylic acids is 2. The first kappa shape index (κ1) is 20.6. The summed E-state index contributed by atoms with van der Waals surface area (Å²) in [6, 6.07) is 3.96. The number of piperidine rings is 1. The average molecular weight is 378 g/mol. The van der Waals surface area contributed by atoms with Crippen LogP contribution in [0.1, 0.15) is 31.6 Å². The fourth-order valence-corrected chi connectivity index (χ4v) is 4.01. The molecule has 0 spiro atoms. The van der Waals surface area contributed by atoms with Gasteiger partial charge in [0.2, 0.25) is 11.8 Å². The Morgan fingerprint density at radius 1 is 1.35 bits per heavy atom. The summed E-state index contributed by atoms with van der Waals surface area (Å²) in [5, 5.41) is 5.10. The van der Waals surface area contributed by atoms with Crippen molar-refractivity contribution in [1.29, 1.82) is 0 Å². The zero-order valence-corrected chi connectivity index (χ0v) is 17.1. The molecule has 2 rings (SSSR count). The molecular formula is C20H31N3O2S. The van der Waals surface area contributed by atoms with Gasteiger partial charge in [-0.1, -0.05) is 19.9 Å². The third kappa shape index (κ3) is 6.57. The molecule has 0 saturated carbocycles. The molecule has 1 aromatic heterocycles. The van der Waals surface area contributed by atoms with Gasteiger partial charge in [-0.3, -0.25) is 9.59 Å². The van der Waals surface area contributed by atoms with Crippen LogP contribution in [-0.4, -0.2) is 61.9 Å². The number of thiophene rings is 1. The van der Waals surface area contributed by atoms with E-state index in [0.717, 1.165) is 24.3 Å². The molecule has 0 atom stereocenters. The number of likely N-dealkylation sites (tertiary alicyclic amines) is 1. The molecule has 1 aliphatic rings. The minimum atomic E-state index is 0.00971. The van der Waals surface area contributed by atoms with Crippen LogP contribution in [0.2, 0.25) is 0 Å². The van der Waals surface area contributed by atoms with Crippen molar-refractivity contribution >= 4 is 29.2 Å². The summed E-state index contributed by atoms with van der Waals surface area (Å²) in [6.45, 7) is 7.21. The Hall–Kier alpha value is -1.66. The molecule has 0 radical (unpaired) electrons. The van der Waals surface area contributed by atoms with Crippen molar-refractivity contribution in [2.75, 3.05) is 40.3 Å². The summed E-state index contributed by atoms with van der Waals surface area (Å²) in [5.41, 5.74) is 0.0441. The number of rotatable bonds is 7. The first-order valence-corrected chi connectivity index (χ1v) is 10.1. The summed E-state index contributed by atoms with van der Waals surface area (Å²) in [6.07, 6.45) is 4.96. The highest BCUT2D eigenvalue weighted by Gasteiger charge is 2.28. The van der Waals surface area contributed by atoms with Gasteiger partial charge in [0.15, 0.2) is 0 Å². The van der Waals surface area contributed by atoms with E-state index >= 15 is 0 Å². The van der Waals surface area contributed by atoms with E-state index in [1.807, 2.05) is 42.6 Å². The Labute approximate surface area is 161 Å². The lowest BCUT2D eigenvalue weighted by Crippen LogP contribution is -2.45. The first-order chi connectivity index (χ1) is 12.3. The quantitative estimate of drug-likeness (QED) is 0.744. The number of nitrogens with zero attached hydrogens (tertiary/aromatic N) is 2.